The third-order valence-corrected chi connectivity index (χ3v) is 2.18. The van der Waals surface area contributed by atoms with Crippen LogP contribution in [-0.4, -0.2) is 5.43 Å². The first-order chi connectivity index (χ1) is 5.86. The maximum absolute atomic E-state index is 2.31. The zero-order valence-electron chi connectivity index (χ0n) is 9.58. The van der Waals surface area contributed by atoms with Gasteiger partial charge in [0.2, 0.25) is 0 Å². The van der Waals surface area contributed by atoms with E-state index in [1.807, 2.05) is 0 Å². The summed E-state index contributed by atoms with van der Waals surface area (Å²) in [5.74, 6) is 0. The van der Waals surface area contributed by atoms with Crippen molar-refractivity contribution < 1.29 is 23.3 Å². The fraction of sp³-hybridized carbons (Fsp3) is 0.545. The SMILES string of the molecule is C[Si](C)=[Zr].Cc1c[c-](C)c(C)c1C. The maximum atomic E-state index is 2.31. The number of hydrogen-bond acceptors (Lipinski definition) is 0. The number of rotatable bonds is 0. The molecule has 0 fully saturated rings. The molecule has 0 bridgehead atoms. The van der Waals surface area contributed by atoms with Gasteiger partial charge in [0.05, 0.1) is 0 Å². The minimum absolute atomic E-state index is 0.210. The van der Waals surface area contributed by atoms with E-state index in [2.05, 4.69) is 46.9 Å². The molecule has 0 heterocycles. The smallest absolute Gasteiger partial charge is 0.0630 e. The Kier molecular flexibility index (Phi) is 6.24. The second-order valence-corrected chi connectivity index (χ2v) is 13.1. The fourth-order valence-electron chi connectivity index (χ4n) is 1.13. The average molecular weight is 271 g/mol. The van der Waals surface area contributed by atoms with Gasteiger partial charge in [-0.3, -0.25) is 0 Å². The van der Waals surface area contributed by atoms with E-state index < -0.39 is 0 Å². The van der Waals surface area contributed by atoms with Gasteiger partial charge in [0, 0.05) is 0 Å². The number of hydrogen-bond donors (Lipinski definition) is 0. The monoisotopic (exact) mass is 269 g/mol. The van der Waals surface area contributed by atoms with E-state index >= 15 is 0 Å². The van der Waals surface area contributed by atoms with Crippen LogP contribution in [0.1, 0.15) is 22.3 Å². The van der Waals surface area contributed by atoms with Gasteiger partial charge < -0.3 is 0 Å². The molecule has 0 aromatic heterocycles. The van der Waals surface area contributed by atoms with Gasteiger partial charge in [-0.1, -0.05) is 27.7 Å². The van der Waals surface area contributed by atoms with Gasteiger partial charge in [-0.05, 0) is 0 Å². The zero-order valence-corrected chi connectivity index (χ0v) is 13.0. The first kappa shape index (κ1) is 13.4. The van der Waals surface area contributed by atoms with Crippen molar-refractivity contribution in [1.29, 1.82) is 0 Å². The van der Waals surface area contributed by atoms with Gasteiger partial charge in [0.15, 0.2) is 0 Å². The molecule has 1 aromatic carbocycles. The summed E-state index contributed by atoms with van der Waals surface area (Å²) in [6.07, 6.45) is 0. The third-order valence-electron chi connectivity index (χ3n) is 2.18. The van der Waals surface area contributed by atoms with Crippen LogP contribution in [0.5, 0.6) is 0 Å². The van der Waals surface area contributed by atoms with E-state index in [-0.39, 0.29) is 5.43 Å². The van der Waals surface area contributed by atoms with Crippen molar-refractivity contribution in [2.45, 2.75) is 40.8 Å². The quantitative estimate of drug-likeness (QED) is 0.500. The standard InChI is InChI=1S/C9H13.C2H6Si.Zr/c1-6-5-7(2)9(4)8(6)3;1-3-2;/h5H,1-4H3;1-2H3;/q-1;;. The Morgan fingerprint density at radius 3 is 1.69 bits per heavy atom. The average Bonchev–Trinajstić information content (AvgIpc) is 2.17. The van der Waals surface area contributed by atoms with Crippen LogP contribution >= 0.6 is 0 Å². The molecule has 0 amide bonds. The summed E-state index contributed by atoms with van der Waals surface area (Å²) in [6.45, 7) is 13.3. The topological polar surface area (TPSA) is 0 Å². The summed E-state index contributed by atoms with van der Waals surface area (Å²) >= 11 is 1.74. The molecule has 0 nitrogen and oxygen atoms in total. The van der Waals surface area contributed by atoms with E-state index in [0.717, 1.165) is 0 Å². The largest absolute Gasteiger partial charge is 0.199 e. The van der Waals surface area contributed by atoms with Crippen molar-refractivity contribution in [3.05, 3.63) is 28.3 Å². The second kappa shape index (κ2) is 6.03. The molecule has 2 heteroatoms. The Hall–Kier alpha value is 0.450. The minimum Gasteiger partial charge on any atom is -0.199 e. The molecular formula is C11H19SiZr-. The first-order valence-electron chi connectivity index (χ1n) is 4.58. The summed E-state index contributed by atoms with van der Waals surface area (Å²) in [5.41, 5.74) is 5.96. The van der Waals surface area contributed by atoms with Gasteiger partial charge in [-0.15, -0.1) is 0 Å². The van der Waals surface area contributed by atoms with Crippen LogP contribution in [0.2, 0.25) is 13.1 Å². The molecule has 0 aliphatic heterocycles. The Labute approximate surface area is 97.5 Å². The Bertz CT molecular complexity index is 271. The van der Waals surface area contributed by atoms with Crippen molar-refractivity contribution in [2.75, 3.05) is 0 Å². The van der Waals surface area contributed by atoms with Gasteiger partial charge in [-0.25, -0.2) is 0 Å². The summed E-state index contributed by atoms with van der Waals surface area (Å²) in [4.78, 5) is 0. The van der Waals surface area contributed by atoms with Gasteiger partial charge in [0.25, 0.3) is 0 Å². The van der Waals surface area contributed by atoms with Crippen LogP contribution in [0.4, 0.5) is 0 Å². The molecule has 0 atom stereocenters. The summed E-state index contributed by atoms with van der Waals surface area (Å²) in [5, 5.41) is 0. The van der Waals surface area contributed by atoms with Crippen LogP contribution < -0.4 is 0 Å². The van der Waals surface area contributed by atoms with E-state index in [1.165, 1.54) is 22.3 Å². The normalized spacial score (nSPS) is 9.00. The van der Waals surface area contributed by atoms with E-state index in [9.17, 15) is 0 Å². The van der Waals surface area contributed by atoms with E-state index in [0.29, 0.717) is 0 Å². The molecule has 0 radical (unpaired) electrons. The van der Waals surface area contributed by atoms with Crippen LogP contribution in [0.15, 0.2) is 6.07 Å². The predicted molar refractivity (Wildman–Crippen MR) is 58.5 cm³/mol. The molecule has 13 heavy (non-hydrogen) atoms. The first-order valence-corrected chi connectivity index (χ1v) is 10.8. The summed E-state index contributed by atoms with van der Waals surface area (Å²) in [7, 11) is 0. The number of aryl methyl sites for hydroxylation is 2. The van der Waals surface area contributed by atoms with E-state index in [4.69, 9.17) is 0 Å². The molecule has 0 spiro atoms. The van der Waals surface area contributed by atoms with Crippen LogP contribution in [0.25, 0.3) is 0 Å². The summed E-state index contributed by atoms with van der Waals surface area (Å²) in [6, 6.07) is 2.24. The van der Waals surface area contributed by atoms with Crippen molar-refractivity contribution in [3.63, 3.8) is 0 Å². The molecule has 0 aliphatic rings. The van der Waals surface area contributed by atoms with Crippen molar-refractivity contribution in [2.24, 2.45) is 0 Å². The Morgan fingerprint density at radius 2 is 1.62 bits per heavy atom. The third kappa shape index (κ3) is 5.02. The van der Waals surface area contributed by atoms with Crippen LogP contribution in [0, 0.1) is 27.7 Å². The molecule has 1 aromatic rings. The van der Waals surface area contributed by atoms with Crippen molar-refractivity contribution >= 4 is 5.43 Å². The van der Waals surface area contributed by atoms with Crippen molar-refractivity contribution in [1.82, 2.24) is 0 Å². The predicted octanol–water partition coefficient (Wildman–Crippen LogP) is 3.42. The van der Waals surface area contributed by atoms with Crippen molar-refractivity contribution in [3.8, 4) is 0 Å². The molecule has 1 rings (SSSR count). The molecule has 0 unspecified atom stereocenters. The van der Waals surface area contributed by atoms with Gasteiger partial charge in [0.1, 0.15) is 0 Å². The van der Waals surface area contributed by atoms with Crippen LogP contribution in [0.3, 0.4) is 0 Å². The molecule has 0 N–H and O–H groups in total. The molecule has 0 saturated carbocycles. The zero-order chi connectivity index (χ0) is 10.6. The molecule has 72 valence electrons. The Balaban J connectivity index is 0.000000310. The second-order valence-electron chi connectivity index (χ2n) is 3.76. The van der Waals surface area contributed by atoms with Gasteiger partial charge >= 0.3 is 41.9 Å². The van der Waals surface area contributed by atoms with E-state index in [1.54, 1.807) is 23.3 Å². The summed E-state index contributed by atoms with van der Waals surface area (Å²) < 4.78 is 0. The molecule has 0 saturated heterocycles. The Morgan fingerprint density at radius 1 is 1.23 bits per heavy atom. The molecule has 0 aliphatic carbocycles. The van der Waals surface area contributed by atoms with Crippen LogP contribution in [-0.2, 0) is 23.3 Å². The fourth-order valence-corrected chi connectivity index (χ4v) is 1.13. The maximum Gasteiger partial charge on any atom is -0.0630 e. The minimum atomic E-state index is 0.210. The molecular weight excluding hydrogens is 251 g/mol. The van der Waals surface area contributed by atoms with Gasteiger partial charge in [-0.2, -0.15) is 28.3 Å².